The molecule has 0 aliphatic carbocycles. The molecule has 4 aromatic rings. The van der Waals surface area contributed by atoms with Gasteiger partial charge in [-0.05, 0) is 30.7 Å². The highest BCUT2D eigenvalue weighted by molar-refractivity contribution is 7.89. The van der Waals surface area contributed by atoms with Gasteiger partial charge in [0, 0.05) is 24.4 Å². The number of sulfonamides is 1. The summed E-state index contributed by atoms with van der Waals surface area (Å²) in [6, 6.07) is 21.7. The van der Waals surface area contributed by atoms with Crippen molar-refractivity contribution in [2.45, 2.75) is 24.3 Å². The van der Waals surface area contributed by atoms with E-state index in [1.54, 1.807) is 36.7 Å². The lowest BCUT2D eigenvalue weighted by atomic mass is 9.98. The van der Waals surface area contributed by atoms with Crippen molar-refractivity contribution in [2.24, 2.45) is 5.10 Å². The first-order chi connectivity index (χ1) is 15.0. The van der Waals surface area contributed by atoms with E-state index in [0.717, 1.165) is 27.9 Å². The SMILES string of the molecule is Cc1ccc(S(=O)(=O)N2N=C(c3ccccc3)C[C@H]2c2cccc3nccnc23)cc1. The van der Waals surface area contributed by atoms with E-state index in [0.29, 0.717) is 11.9 Å². The standard InChI is InChI=1S/C24H20N4O2S/c1-17-10-12-19(13-11-17)31(29,30)28-23(16-22(27-28)18-6-3-2-4-7-18)20-8-5-9-21-24(20)26-15-14-25-21/h2-15,23H,16H2,1H3/t23-/m0/s1. The van der Waals surface area contributed by atoms with Crippen LogP contribution in [0, 0.1) is 6.92 Å². The van der Waals surface area contributed by atoms with Gasteiger partial charge in [0.15, 0.2) is 0 Å². The van der Waals surface area contributed by atoms with E-state index in [1.807, 2.05) is 55.5 Å². The zero-order chi connectivity index (χ0) is 21.4. The Bertz CT molecular complexity index is 1380. The summed E-state index contributed by atoms with van der Waals surface area (Å²) < 4.78 is 28.5. The summed E-state index contributed by atoms with van der Waals surface area (Å²) in [5.74, 6) is 0. The van der Waals surface area contributed by atoms with Crippen molar-refractivity contribution in [1.29, 1.82) is 0 Å². The Hall–Kier alpha value is -3.58. The van der Waals surface area contributed by atoms with E-state index < -0.39 is 16.1 Å². The number of hydrogen-bond donors (Lipinski definition) is 0. The number of hydrogen-bond acceptors (Lipinski definition) is 5. The number of hydrazone groups is 1. The molecule has 0 amide bonds. The van der Waals surface area contributed by atoms with Crippen LogP contribution in [-0.4, -0.2) is 28.5 Å². The van der Waals surface area contributed by atoms with Crippen LogP contribution in [0.15, 0.2) is 95.2 Å². The first-order valence-electron chi connectivity index (χ1n) is 9.98. The van der Waals surface area contributed by atoms with Crippen LogP contribution in [0.4, 0.5) is 0 Å². The van der Waals surface area contributed by atoms with Gasteiger partial charge in [-0.25, -0.2) is 0 Å². The summed E-state index contributed by atoms with van der Waals surface area (Å²) in [7, 11) is -3.86. The largest absolute Gasteiger partial charge is 0.279 e. The van der Waals surface area contributed by atoms with Gasteiger partial charge in [-0.3, -0.25) is 9.97 Å². The van der Waals surface area contributed by atoms with Crippen molar-refractivity contribution in [3.8, 4) is 0 Å². The molecule has 1 aliphatic heterocycles. The highest BCUT2D eigenvalue weighted by Gasteiger charge is 2.38. The molecule has 1 aromatic heterocycles. The van der Waals surface area contributed by atoms with E-state index >= 15 is 0 Å². The topological polar surface area (TPSA) is 75.5 Å². The number of aryl methyl sites for hydroxylation is 1. The third-order valence-corrected chi connectivity index (χ3v) is 7.13. The molecular weight excluding hydrogens is 408 g/mol. The van der Waals surface area contributed by atoms with Gasteiger partial charge in [0.05, 0.1) is 27.7 Å². The molecule has 0 fully saturated rings. The first-order valence-corrected chi connectivity index (χ1v) is 11.4. The predicted molar refractivity (Wildman–Crippen MR) is 120 cm³/mol. The van der Waals surface area contributed by atoms with Crippen LogP contribution in [0.1, 0.15) is 29.2 Å². The summed E-state index contributed by atoms with van der Waals surface area (Å²) in [5.41, 5.74) is 4.82. The third-order valence-electron chi connectivity index (χ3n) is 5.43. The molecule has 2 heterocycles. The predicted octanol–water partition coefficient (Wildman–Crippen LogP) is 4.48. The summed E-state index contributed by atoms with van der Waals surface area (Å²) >= 11 is 0. The minimum absolute atomic E-state index is 0.215. The molecule has 0 saturated heterocycles. The molecule has 31 heavy (non-hydrogen) atoms. The number of benzene rings is 3. The maximum Gasteiger partial charge on any atom is 0.279 e. The molecule has 0 spiro atoms. The maximum atomic E-state index is 13.6. The van der Waals surface area contributed by atoms with Gasteiger partial charge in [-0.1, -0.05) is 60.2 Å². The molecule has 1 aliphatic rings. The van der Waals surface area contributed by atoms with Crippen LogP contribution in [0.3, 0.4) is 0 Å². The van der Waals surface area contributed by atoms with Crippen molar-refractivity contribution < 1.29 is 8.42 Å². The zero-order valence-electron chi connectivity index (χ0n) is 16.9. The minimum Gasteiger partial charge on any atom is -0.253 e. The van der Waals surface area contributed by atoms with Gasteiger partial charge in [0.1, 0.15) is 0 Å². The lowest BCUT2D eigenvalue weighted by molar-refractivity contribution is 0.373. The first kappa shape index (κ1) is 19.4. The second-order valence-corrected chi connectivity index (χ2v) is 9.29. The Labute approximate surface area is 181 Å². The van der Waals surface area contributed by atoms with Crippen LogP contribution < -0.4 is 0 Å². The molecule has 5 rings (SSSR count). The Balaban J connectivity index is 1.67. The van der Waals surface area contributed by atoms with E-state index in [-0.39, 0.29) is 4.90 Å². The molecule has 3 aromatic carbocycles. The quantitative estimate of drug-likeness (QED) is 0.480. The van der Waals surface area contributed by atoms with E-state index in [9.17, 15) is 8.42 Å². The Morgan fingerprint density at radius 3 is 2.39 bits per heavy atom. The van der Waals surface area contributed by atoms with E-state index in [2.05, 4.69) is 15.1 Å². The number of rotatable bonds is 4. The van der Waals surface area contributed by atoms with Crippen LogP contribution in [0.2, 0.25) is 0 Å². The van der Waals surface area contributed by atoms with Gasteiger partial charge < -0.3 is 0 Å². The molecule has 0 unspecified atom stereocenters. The van der Waals surface area contributed by atoms with Gasteiger partial charge in [0.2, 0.25) is 0 Å². The van der Waals surface area contributed by atoms with Crippen LogP contribution in [0.5, 0.6) is 0 Å². The fourth-order valence-corrected chi connectivity index (χ4v) is 5.27. The number of para-hydroxylation sites is 1. The van der Waals surface area contributed by atoms with Crippen molar-refractivity contribution in [3.63, 3.8) is 0 Å². The van der Waals surface area contributed by atoms with E-state index in [4.69, 9.17) is 0 Å². The minimum atomic E-state index is -3.86. The molecule has 1 atom stereocenters. The zero-order valence-corrected chi connectivity index (χ0v) is 17.7. The monoisotopic (exact) mass is 428 g/mol. The molecule has 0 saturated carbocycles. The summed E-state index contributed by atoms with van der Waals surface area (Å²) in [5, 5.41) is 4.61. The van der Waals surface area contributed by atoms with E-state index in [1.165, 1.54) is 4.41 Å². The second-order valence-electron chi connectivity index (χ2n) is 7.49. The van der Waals surface area contributed by atoms with Crippen LogP contribution in [-0.2, 0) is 10.0 Å². The fraction of sp³-hybridized carbons (Fsp3) is 0.125. The Morgan fingerprint density at radius 2 is 1.61 bits per heavy atom. The smallest absolute Gasteiger partial charge is 0.253 e. The lowest BCUT2D eigenvalue weighted by Gasteiger charge is -2.24. The van der Waals surface area contributed by atoms with Crippen LogP contribution in [0.25, 0.3) is 11.0 Å². The van der Waals surface area contributed by atoms with Crippen molar-refractivity contribution >= 4 is 26.8 Å². The maximum absolute atomic E-state index is 13.6. The molecule has 0 bridgehead atoms. The van der Waals surface area contributed by atoms with Gasteiger partial charge >= 0.3 is 0 Å². The molecule has 7 heteroatoms. The highest BCUT2D eigenvalue weighted by Crippen LogP contribution is 2.39. The van der Waals surface area contributed by atoms with Crippen LogP contribution >= 0.6 is 0 Å². The highest BCUT2D eigenvalue weighted by atomic mass is 32.2. The normalized spacial score (nSPS) is 16.5. The van der Waals surface area contributed by atoms with Gasteiger partial charge in [-0.15, -0.1) is 0 Å². The molecule has 0 N–H and O–H groups in total. The summed E-state index contributed by atoms with van der Waals surface area (Å²) in [6.07, 6.45) is 3.71. The molecule has 6 nitrogen and oxygen atoms in total. The van der Waals surface area contributed by atoms with Crippen molar-refractivity contribution in [3.05, 3.63) is 102 Å². The number of fused-ring (bicyclic) bond motifs is 1. The average molecular weight is 429 g/mol. The summed E-state index contributed by atoms with van der Waals surface area (Å²) in [6.45, 7) is 1.93. The number of aromatic nitrogens is 2. The Morgan fingerprint density at radius 1 is 0.871 bits per heavy atom. The fourth-order valence-electron chi connectivity index (χ4n) is 3.85. The average Bonchev–Trinajstić information content (AvgIpc) is 3.26. The van der Waals surface area contributed by atoms with Crippen molar-refractivity contribution in [1.82, 2.24) is 14.4 Å². The summed E-state index contributed by atoms with van der Waals surface area (Å²) in [4.78, 5) is 9.08. The third kappa shape index (κ3) is 3.47. The molecule has 0 radical (unpaired) electrons. The van der Waals surface area contributed by atoms with Gasteiger partial charge in [-0.2, -0.15) is 17.9 Å². The molecular formula is C24H20N4O2S. The van der Waals surface area contributed by atoms with Gasteiger partial charge in [0.25, 0.3) is 10.0 Å². The second kappa shape index (κ2) is 7.59. The lowest BCUT2D eigenvalue weighted by Crippen LogP contribution is -2.27. The number of nitrogens with zero attached hydrogens (tertiary/aromatic N) is 4. The Kier molecular flexibility index (Phi) is 4.75. The van der Waals surface area contributed by atoms with Crippen molar-refractivity contribution in [2.75, 3.05) is 0 Å². The molecule has 154 valence electrons.